The lowest BCUT2D eigenvalue weighted by Crippen LogP contribution is -2.49. The van der Waals surface area contributed by atoms with E-state index in [1.54, 1.807) is 66.0 Å². The van der Waals surface area contributed by atoms with Crippen molar-refractivity contribution < 1.29 is 24.3 Å². The van der Waals surface area contributed by atoms with Crippen LogP contribution in [-0.2, 0) is 9.59 Å². The van der Waals surface area contributed by atoms with Gasteiger partial charge in [0.2, 0.25) is 5.91 Å². The maximum absolute atomic E-state index is 13.2. The number of amides is 3. The summed E-state index contributed by atoms with van der Waals surface area (Å²) in [7, 11) is 0. The minimum atomic E-state index is -1.05. The first-order valence-corrected chi connectivity index (χ1v) is 13.2. The standard InChI is InChI=1S/C29H30N6O5/c36-26(37)16-23(21-3-1-9-30-17-21)32-28(39)20-7-8-25(24(15-20)33-27(38)19-5-6-19)34-11-13-35(14-12-34)29(40)22-4-2-10-31-18-22/h1-4,7-10,15,17-19,23H,5-6,11-14,16H2,(H,32,39)(H,33,38)(H,36,37). The van der Waals surface area contributed by atoms with E-state index < -0.39 is 17.9 Å². The SMILES string of the molecule is O=C(O)CC(NC(=O)c1ccc(N2CCN(C(=O)c3cccnc3)CC2)c(NC(=O)C2CC2)c1)c1cccnc1. The number of anilines is 2. The average Bonchev–Trinajstić information content (AvgIpc) is 3.83. The first kappa shape index (κ1) is 26.8. The summed E-state index contributed by atoms with van der Waals surface area (Å²) in [6, 6.07) is 11.2. The molecule has 1 saturated heterocycles. The number of hydrogen-bond donors (Lipinski definition) is 3. The third-order valence-corrected chi connectivity index (χ3v) is 7.05. The largest absolute Gasteiger partial charge is 0.481 e. The maximum Gasteiger partial charge on any atom is 0.305 e. The van der Waals surface area contributed by atoms with Crippen molar-refractivity contribution in [2.75, 3.05) is 36.4 Å². The number of pyridine rings is 2. The molecule has 3 heterocycles. The molecule has 3 aromatic rings. The second-order valence-corrected chi connectivity index (χ2v) is 9.93. The van der Waals surface area contributed by atoms with Gasteiger partial charge in [0.05, 0.1) is 29.4 Å². The molecular weight excluding hydrogens is 512 g/mol. The van der Waals surface area contributed by atoms with Crippen LogP contribution in [0.2, 0.25) is 0 Å². The fraction of sp³-hybridized carbons (Fsp3) is 0.310. The number of carboxylic acid groups (broad SMARTS) is 1. The molecule has 11 nitrogen and oxygen atoms in total. The normalized spacial score (nSPS) is 15.7. The fourth-order valence-electron chi connectivity index (χ4n) is 4.71. The number of carboxylic acids is 1. The van der Waals surface area contributed by atoms with E-state index in [1.165, 1.54) is 6.20 Å². The van der Waals surface area contributed by atoms with Gasteiger partial charge in [0.1, 0.15) is 0 Å². The smallest absolute Gasteiger partial charge is 0.305 e. The van der Waals surface area contributed by atoms with Gasteiger partial charge in [0.25, 0.3) is 11.8 Å². The van der Waals surface area contributed by atoms with E-state index in [9.17, 15) is 24.3 Å². The number of piperazine rings is 1. The van der Waals surface area contributed by atoms with Gasteiger partial charge in [0.15, 0.2) is 0 Å². The number of nitrogens with one attached hydrogen (secondary N) is 2. The number of rotatable bonds is 9. The van der Waals surface area contributed by atoms with Gasteiger partial charge in [-0.25, -0.2) is 0 Å². The molecular formula is C29H30N6O5. The highest BCUT2D eigenvalue weighted by atomic mass is 16.4. The molecule has 5 rings (SSSR count). The van der Waals surface area contributed by atoms with Crippen LogP contribution in [0.3, 0.4) is 0 Å². The van der Waals surface area contributed by atoms with Crippen LogP contribution in [0.4, 0.5) is 11.4 Å². The van der Waals surface area contributed by atoms with Gasteiger partial charge < -0.3 is 25.5 Å². The molecule has 0 radical (unpaired) electrons. The zero-order chi connectivity index (χ0) is 28.1. The molecule has 40 heavy (non-hydrogen) atoms. The summed E-state index contributed by atoms with van der Waals surface area (Å²) in [5, 5.41) is 15.2. The molecule has 2 aromatic heterocycles. The van der Waals surface area contributed by atoms with Crippen molar-refractivity contribution in [3.05, 3.63) is 83.9 Å². The van der Waals surface area contributed by atoms with Gasteiger partial charge in [-0.05, 0) is 54.8 Å². The highest BCUT2D eigenvalue weighted by Crippen LogP contribution is 2.34. The Balaban J connectivity index is 1.33. The molecule has 2 aliphatic rings. The summed E-state index contributed by atoms with van der Waals surface area (Å²) < 4.78 is 0. The molecule has 1 unspecified atom stereocenters. The third-order valence-electron chi connectivity index (χ3n) is 7.05. The van der Waals surface area contributed by atoms with E-state index in [0.29, 0.717) is 48.6 Å². The zero-order valence-corrected chi connectivity index (χ0v) is 21.8. The van der Waals surface area contributed by atoms with Gasteiger partial charge in [-0.2, -0.15) is 0 Å². The van der Waals surface area contributed by atoms with E-state index in [-0.39, 0.29) is 24.2 Å². The maximum atomic E-state index is 13.2. The first-order valence-electron chi connectivity index (χ1n) is 13.2. The number of aromatic nitrogens is 2. The van der Waals surface area contributed by atoms with Crippen molar-refractivity contribution in [3.63, 3.8) is 0 Å². The highest BCUT2D eigenvalue weighted by Gasteiger charge is 2.31. The van der Waals surface area contributed by atoms with Gasteiger partial charge in [-0.3, -0.25) is 29.1 Å². The number of benzene rings is 1. The Morgan fingerprint density at radius 3 is 2.27 bits per heavy atom. The molecule has 1 aromatic carbocycles. The summed E-state index contributed by atoms with van der Waals surface area (Å²) >= 11 is 0. The molecule has 0 bridgehead atoms. The molecule has 206 valence electrons. The van der Waals surface area contributed by atoms with Crippen LogP contribution in [-0.4, -0.2) is 69.8 Å². The lowest BCUT2D eigenvalue weighted by Gasteiger charge is -2.37. The van der Waals surface area contributed by atoms with Crippen LogP contribution in [0.15, 0.2) is 67.3 Å². The Labute approximate surface area is 231 Å². The fourth-order valence-corrected chi connectivity index (χ4v) is 4.71. The van der Waals surface area contributed by atoms with E-state index in [2.05, 4.69) is 25.5 Å². The lowest BCUT2D eigenvalue weighted by molar-refractivity contribution is -0.137. The molecule has 3 amide bonds. The number of carbonyl (C=O) groups is 4. The van der Waals surface area contributed by atoms with Crippen LogP contribution in [0.25, 0.3) is 0 Å². The minimum absolute atomic E-state index is 0.0372. The zero-order valence-electron chi connectivity index (χ0n) is 21.8. The number of nitrogens with zero attached hydrogens (tertiary/aromatic N) is 4. The summed E-state index contributed by atoms with van der Waals surface area (Å²) in [5.41, 5.74) is 2.67. The molecule has 1 atom stereocenters. The summed E-state index contributed by atoms with van der Waals surface area (Å²) in [4.78, 5) is 62.2. The summed E-state index contributed by atoms with van der Waals surface area (Å²) in [5.74, 6) is -1.72. The molecule has 1 aliphatic carbocycles. The van der Waals surface area contributed by atoms with Crippen molar-refractivity contribution in [2.24, 2.45) is 5.92 Å². The van der Waals surface area contributed by atoms with E-state index >= 15 is 0 Å². The highest BCUT2D eigenvalue weighted by molar-refractivity contribution is 6.01. The van der Waals surface area contributed by atoms with Crippen molar-refractivity contribution >= 4 is 35.1 Å². The predicted molar refractivity (Wildman–Crippen MR) is 147 cm³/mol. The Kier molecular flexibility index (Phi) is 7.99. The van der Waals surface area contributed by atoms with Crippen LogP contribution in [0.5, 0.6) is 0 Å². The van der Waals surface area contributed by atoms with Crippen molar-refractivity contribution in [1.29, 1.82) is 0 Å². The van der Waals surface area contributed by atoms with Crippen LogP contribution < -0.4 is 15.5 Å². The lowest BCUT2D eigenvalue weighted by atomic mass is 10.0. The Morgan fingerprint density at radius 1 is 0.925 bits per heavy atom. The Bertz CT molecular complexity index is 1390. The number of carbonyl (C=O) groups excluding carboxylic acids is 3. The van der Waals surface area contributed by atoms with E-state index in [4.69, 9.17) is 0 Å². The third kappa shape index (κ3) is 6.42. The van der Waals surface area contributed by atoms with Crippen molar-refractivity contribution in [2.45, 2.75) is 25.3 Å². The van der Waals surface area contributed by atoms with Crippen LogP contribution in [0.1, 0.15) is 51.6 Å². The van der Waals surface area contributed by atoms with Crippen molar-refractivity contribution in [3.8, 4) is 0 Å². The number of aliphatic carboxylic acids is 1. The van der Waals surface area contributed by atoms with Gasteiger partial charge in [-0.15, -0.1) is 0 Å². The molecule has 2 fully saturated rings. The monoisotopic (exact) mass is 542 g/mol. The average molecular weight is 543 g/mol. The molecule has 1 aliphatic heterocycles. The molecule has 1 saturated carbocycles. The quantitative estimate of drug-likeness (QED) is 0.374. The van der Waals surface area contributed by atoms with Crippen LogP contribution in [0, 0.1) is 5.92 Å². The summed E-state index contributed by atoms with van der Waals surface area (Å²) in [6.45, 7) is 2.08. The predicted octanol–water partition coefficient (Wildman–Crippen LogP) is 2.73. The second-order valence-electron chi connectivity index (χ2n) is 9.93. The topological polar surface area (TPSA) is 145 Å². The Hall–Kier alpha value is -4.80. The van der Waals surface area contributed by atoms with Gasteiger partial charge >= 0.3 is 5.97 Å². The first-order chi connectivity index (χ1) is 19.4. The minimum Gasteiger partial charge on any atom is -0.481 e. The number of hydrogen-bond acceptors (Lipinski definition) is 7. The Morgan fingerprint density at radius 2 is 1.65 bits per heavy atom. The van der Waals surface area contributed by atoms with Crippen LogP contribution >= 0.6 is 0 Å². The molecule has 3 N–H and O–H groups in total. The second kappa shape index (κ2) is 11.9. The van der Waals surface area contributed by atoms with Crippen molar-refractivity contribution in [1.82, 2.24) is 20.2 Å². The van der Waals surface area contributed by atoms with E-state index in [1.807, 2.05) is 0 Å². The van der Waals surface area contributed by atoms with Gasteiger partial charge in [-0.1, -0.05) is 6.07 Å². The summed E-state index contributed by atoms with van der Waals surface area (Å²) in [6.07, 6.45) is 7.64. The molecule has 11 heteroatoms. The van der Waals surface area contributed by atoms with E-state index in [0.717, 1.165) is 18.5 Å². The van der Waals surface area contributed by atoms with Gasteiger partial charge in [0, 0.05) is 62.4 Å². The molecule has 0 spiro atoms.